The number of amides is 1. The summed E-state index contributed by atoms with van der Waals surface area (Å²) in [6, 6.07) is 5.91. The van der Waals surface area contributed by atoms with Gasteiger partial charge in [0.2, 0.25) is 0 Å². The topological polar surface area (TPSA) is 50.4 Å². The Hall–Kier alpha value is -1.39. The molecule has 102 valence electrons. The largest absolute Gasteiger partial charge is 0.312 e. The molecule has 2 aliphatic rings. The molecule has 1 saturated carbocycles. The Morgan fingerprint density at radius 2 is 2.11 bits per heavy atom. The second kappa shape index (κ2) is 5.72. The van der Waals surface area contributed by atoms with Crippen molar-refractivity contribution < 1.29 is 9.63 Å². The van der Waals surface area contributed by atoms with Crippen LogP contribution in [0.3, 0.4) is 0 Å². The quantitative estimate of drug-likeness (QED) is 0.817. The molecule has 1 fully saturated rings. The van der Waals surface area contributed by atoms with E-state index in [1.54, 1.807) is 0 Å². The lowest BCUT2D eigenvalue weighted by molar-refractivity contribution is -0.0124. The van der Waals surface area contributed by atoms with E-state index < -0.39 is 0 Å². The summed E-state index contributed by atoms with van der Waals surface area (Å²) in [5.74, 6) is -0.139. The number of hydroxylamine groups is 1. The zero-order chi connectivity index (χ0) is 13.1. The molecule has 0 aromatic heterocycles. The molecule has 19 heavy (non-hydrogen) atoms. The minimum absolute atomic E-state index is 0.139. The Morgan fingerprint density at radius 1 is 1.26 bits per heavy atom. The van der Waals surface area contributed by atoms with Crippen molar-refractivity contribution in [2.24, 2.45) is 0 Å². The fraction of sp³-hybridized carbons (Fsp3) is 0.533. The Morgan fingerprint density at radius 3 is 2.95 bits per heavy atom. The molecule has 3 rings (SSSR count). The number of nitrogens with one attached hydrogen (secondary N) is 2. The van der Waals surface area contributed by atoms with Crippen LogP contribution in [0.2, 0.25) is 0 Å². The van der Waals surface area contributed by atoms with Gasteiger partial charge in [-0.3, -0.25) is 9.63 Å². The number of hydrogen-bond donors (Lipinski definition) is 2. The molecule has 1 amide bonds. The Balaban J connectivity index is 1.62. The molecule has 0 saturated heterocycles. The van der Waals surface area contributed by atoms with Crippen LogP contribution in [-0.2, 0) is 17.8 Å². The molecule has 0 bridgehead atoms. The fourth-order valence-electron chi connectivity index (χ4n) is 2.82. The molecule has 0 spiro atoms. The van der Waals surface area contributed by atoms with Crippen LogP contribution in [0.1, 0.15) is 47.2 Å². The molecule has 0 atom stereocenters. The van der Waals surface area contributed by atoms with Crippen molar-refractivity contribution in [3.8, 4) is 0 Å². The molecule has 0 radical (unpaired) electrons. The number of carbonyl (C=O) groups excluding carboxylic acids is 1. The number of hydrogen-bond acceptors (Lipinski definition) is 3. The van der Waals surface area contributed by atoms with E-state index in [-0.39, 0.29) is 12.0 Å². The maximum Gasteiger partial charge on any atom is 0.274 e. The van der Waals surface area contributed by atoms with Crippen molar-refractivity contribution >= 4 is 5.91 Å². The van der Waals surface area contributed by atoms with Gasteiger partial charge in [0.1, 0.15) is 0 Å². The lowest BCUT2D eigenvalue weighted by Gasteiger charge is -2.18. The number of fused-ring (bicyclic) bond motifs is 1. The van der Waals surface area contributed by atoms with Crippen molar-refractivity contribution in [1.29, 1.82) is 0 Å². The minimum atomic E-state index is -0.139. The Labute approximate surface area is 113 Å². The van der Waals surface area contributed by atoms with Crippen LogP contribution in [0.5, 0.6) is 0 Å². The zero-order valence-corrected chi connectivity index (χ0v) is 11.1. The van der Waals surface area contributed by atoms with Crippen LogP contribution < -0.4 is 10.8 Å². The van der Waals surface area contributed by atoms with Crippen LogP contribution in [-0.4, -0.2) is 18.6 Å². The summed E-state index contributed by atoms with van der Waals surface area (Å²) in [7, 11) is 0. The van der Waals surface area contributed by atoms with Crippen molar-refractivity contribution in [2.75, 3.05) is 6.54 Å². The second-order valence-electron chi connectivity index (χ2n) is 5.37. The highest BCUT2D eigenvalue weighted by atomic mass is 16.7. The Kier molecular flexibility index (Phi) is 3.80. The highest BCUT2D eigenvalue weighted by molar-refractivity contribution is 5.93. The maximum atomic E-state index is 12.0. The molecule has 1 heterocycles. The highest BCUT2D eigenvalue weighted by Crippen LogP contribution is 2.20. The van der Waals surface area contributed by atoms with Gasteiger partial charge in [-0.05, 0) is 49.1 Å². The summed E-state index contributed by atoms with van der Waals surface area (Å²) in [4.78, 5) is 17.5. The minimum Gasteiger partial charge on any atom is -0.312 e. The van der Waals surface area contributed by atoms with E-state index >= 15 is 0 Å². The predicted molar refractivity (Wildman–Crippen MR) is 72.7 cm³/mol. The molecule has 0 unspecified atom stereocenters. The second-order valence-corrected chi connectivity index (χ2v) is 5.37. The Bertz CT molecular complexity index is 467. The van der Waals surface area contributed by atoms with Crippen LogP contribution in [0.25, 0.3) is 0 Å². The normalized spacial score (nSPS) is 19.2. The third kappa shape index (κ3) is 2.96. The van der Waals surface area contributed by atoms with Gasteiger partial charge < -0.3 is 5.32 Å². The predicted octanol–water partition coefficient (Wildman–Crippen LogP) is 1.94. The molecule has 1 aliphatic carbocycles. The van der Waals surface area contributed by atoms with Gasteiger partial charge in [0.15, 0.2) is 0 Å². The summed E-state index contributed by atoms with van der Waals surface area (Å²) in [6.07, 6.45) is 5.73. The van der Waals surface area contributed by atoms with Gasteiger partial charge in [-0.1, -0.05) is 18.9 Å². The first kappa shape index (κ1) is 12.6. The standard InChI is InChI=1S/C15H20N2O2/c18-15(17-19-14-3-1-2-4-14)12-6-5-11-7-8-16-10-13(11)9-12/h5-6,9,14,16H,1-4,7-8,10H2,(H,17,18). The average Bonchev–Trinajstić information content (AvgIpc) is 2.97. The zero-order valence-electron chi connectivity index (χ0n) is 11.1. The smallest absolute Gasteiger partial charge is 0.274 e. The van der Waals surface area contributed by atoms with Gasteiger partial charge in [0.05, 0.1) is 6.10 Å². The van der Waals surface area contributed by atoms with Crippen LogP contribution in [0.4, 0.5) is 0 Å². The van der Waals surface area contributed by atoms with Gasteiger partial charge in [-0.25, -0.2) is 5.48 Å². The van der Waals surface area contributed by atoms with Crippen molar-refractivity contribution in [1.82, 2.24) is 10.8 Å². The first-order valence-corrected chi connectivity index (χ1v) is 7.11. The van der Waals surface area contributed by atoms with Crippen molar-refractivity contribution in [2.45, 2.75) is 44.8 Å². The van der Waals surface area contributed by atoms with E-state index in [1.807, 2.05) is 12.1 Å². The van der Waals surface area contributed by atoms with Gasteiger partial charge >= 0.3 is 0 Å². The molecular formula is C15H20N2O2. The summed E-state index contributed by atoms with van der Waals surface area (Å²) in [5, 5.41) is 3.32. The summed E-state index contributed by atoms with van der Waals surface area (Å²) in [6.45, 7) is 1.86. The van der Waals surface area contributed by atoms with Gasteiger partial charge in [-0.2, -0.15) is 0 Å². The van der Waals surface area contributed by atoms with Crippen molar-refractivity contribution in [3.63, 3.8) is 0 Å². The molecule has 4 heteroatoms. The number of carbonyl (C=O) groups is 1. The number of rotatable bonds is 3. The first-order chi connectivity index (χ1) is 9.33. The molecule has 1 aromatic carbocycles. The number of benzene rings is 1. The van der Waals surface area contributed by atoms with Crippen LogP contribution in [0, 0.1) is 0 Å². The third-order valence-corrected chi connectivity index (χ3v) is 3.98. The fourth-order valence-corrected chi connectivity index (χ4v) is 2.82. The molecule has 4 nitrogen and oxygen atoms in total. The molecule has 1 aliphatic heterocycles. The van der Waals surface area contributed by atoms with Gasteiger partial charge in [-0.15, -0.1) is 0 Å². The van der Waals surface area contributed by atoms with E-state index in [2.05, 4.69) is 16.9 Å². The van der Waals surface area contributed by atoms with E-state index in [1.165, 1.54) is 24.0 Å². The maximum absolute atomic E-state index is 12.0. The van der Waals surface area contributed by atoms with E-state index in [0.717, 1.165) is 32.4 Å². The van der Waals surface area contributed by atoms with Crippen LogP contribution in [0.15, 0.2) is 18.2 Å². The van der Waals surface area contributed by atoms with Gasteiger partial charge in [0.25, 0.3) is 5.91 Å². The van der Waals surface area contributed by atoms with E-state index in [0.29, 0.717) is 5.56 Å². The summed E-state index contributed by atoms with van der Waals surface area (Å²) in [5.41, 5.74) is 5.83. The first-order valence-electron chi connectivity index (χ1n) is 7.11. The molecule has 1 aromatic rings. The van der Waals surface area contributed by atoms with Gasteiger partial charge in [0, 0.05) is 12.1 Å². The summed E-state index contributed by atoms with van der Waals surface area (Å²) < 4.78 is 0. The van der Waals surface area contributed by atoms with E-state index in [4.69, 9.17) is 4.84 Å². The average molecular weight is 260 g/mol. The van der Waals surface area contributed by atoms with Crippen LogP contribution >= 0.6 is 0 Å². The molecular weight excluding hydrogens is 240 g/mol. The SMILES string of the molecule is O=C(NOC1CCCC1)c1ccc2c(c1)CNCC2. The monoisotopic (exact) mass is 260 g/mol. The van der Waals surface area contributed by atoms with E-state index in [9.17, 15) is 4.79 Å². The molecule has 2 N–H and O–H groups in total. The lowest BCUT2D eigenvalue weighted by atomic mass is 9.98. The lowest BCUT2D eigenvalue weighted by Crippen LogP contribution is -2.29. The summed E-state index contributed by atoms with van der Waals surface area (Å²) >= 11 is 0. The highest BCUT2D eigenvalue weighted by Gasteiger charge is 2.18. The van der Waals surface area contributed by atoms with Crippen molar-refractivity contribution in [3.05, 3.63) is 34.9 Å². The third-order valence-electron chi connectivity index (χ3n) is 3.98.